The Kier molecular flexibility index (Phi) is 6.22. The van der Waals surface area contributed by atoms with E-state index in [9.17, 15) is 10.0 Å². The van der Waals surface area contributed by atoms with Crippen LogP contribution in [0.4, 0.5) is 0 Å². The van der Waals surface area contributed by atoms with Gasteiger partial charge in [-0.15, -0.1) is 0 Å². The number of nitrogens with zero attached hydrogens (tertiary/aromatic N) is 1. The fourth-order valence-corrected chi connectivity index (χ4v) is 3.70. The van der Waals surface area contributed by atoms with Crippen molar-refractivity contribution in [2.45, 2.75) is 60.2 Å². The second kappa shape index (κ2) is 7.76. The fourth-order valence-electron chi connectivity index (χ4n) is 2.80. The van der Waals surface area contributed by atoms with Gasteiger partial charge >= 0.3 is 5.97 Å². The Morgan fingerprint density at radius 3 is 2.44 bits per heavy atom. The molecule has 0 aliphatic rings. The van der Waals surface area contributed by atoms with Gasteiger partial charge in [-0.05, 0) is 76.0 Å². The van der Waals surface area contributed by atoms with Crippen LogP contribution in [0.2, 0.25) is 0 Å². The molecule has 0 fully saturated rings. The topological polar surface area (TPSA) is 62.5 Å². The van der Waals surface area contributed by atoms with Crippen LogP contribution in [0.25, 0.3) is 10.9 Å². The Morgan fingerprint density at radius 2 is 1.89 bits per heavy atom. The zero-order valence-electron chi connectivity index (χ0n) is 17.1. The normalized spacial score (nSPS) is 13.6. The van der Waals surface area contributed by atoms with Crippen LogP contribution < -0.4 is 4.73 Å². The molecular formula is C21H28BrNO4. The lowest BCUT2D eigenvalue weighted by atomic mass is 9.97. The fraction of sp³-hybridized carbons (Fsp3) is 0.524. The van der Waals surface area contributed by atoms with Crippen molar-refractivity contribution in [2.75, 3.05) is 6.61 Å². The maximum atomic E-state index is 12.3. The third kappa shape index (κ3) is 5.20. The molecule has 1 atom stereocenters. The highest BCUT2D eigenvalue weighted by Gasteiger charge is 2.30. The van der Waals surface area contributed by atoms with E-state index < -0.39 is 17.1 Å². The number of esters is 1. The third-order valence-electron chi connectivity index (χ3n) is 4.04. The molecule has 2 rings (SSSR count). The molecule has 0 saturated heterocycles. The van der Waals surface area contributed by atoms with Crippen molar-refractivity contribution in [2.24, 2.45) is 5.41 Å². The summed E-state index contributed by atoms with van der Waals surface area (Å²) in [4.78, 5) is 12.3. The van der Waals surface area contributed by atoms with Crippen LogP contribution in [0.3, 0.4) is 0 Å². The van der Waals surface area contributed by atoms with Gasteiger partial charge < -0.3 is 14.7 Å². The molecule has 6 heteroatoms. The summed E-state index contributed by atoms with van der Waals surface area (Å²) >= 11 is 3.65. The van der Waals surface area contributed by atoms with Crippen molar-refractivity contribution in [3.63, 3.8) is 0 Å². The minimum Gasteiger partial charge on any atom is -0.618 e. The zero-order valence-corrected chi connectivity index (χ0v) is 18.6. The van der Waals surface area contributed by atoms with Crippen LogP contribution in [0.15, 0.2) is 28.9 Å². The number of carbonyl (C=O) groups is 1. The molecule has 148 valence electrons. The summed E-state index contributed by atoms with van der Waals surface area (Å²) in [5.41, 5.74) is 1.33. The molecule has 0 radical (unpaired) electrons. The van der Waals surface area contributed by atoms with Gasteiger partial charge in [0.1, 0.15) is 12.7 Å². The minimum atomic E-state index is -0.587. The van der Waals surface area contributed by atoms with E-state index in [0.29, 0.717) is 5.52 Å². The second-order valence-electron chi connectivity index (χ2n) is 8.76. The van der Waals surface area contributed by atoms with Gasteiger partial charge in [0.25, 0.3) is 0 Å². The molecule has 1 aromatic heterocycles. The molecule has 0 amide bonds. The average Bonchev–Trinajstić information content (AvgIpc) is 2.51. The largest absolute Gasteiger partial charge is 0.618 e. The highest BCUT2D eigenvalue weighted by Crippen LogP contribution is 2.37. The first-order chi connectivity index (χ1) is 12.3. The predicted octanol–water partition coefficient (Wildman–Crippen LogP) is 4.99. The summed E-state index contributed by atoms with van der Waals surface area (Å²) in [6.45, 7) is 13.4. The van der Waals surface area contributed by atoms with Crippen LogP contribution in [0, 0.1) is 17.5 Å². The number of rotatable bonds is 4. The average molecular weight is 438 g/mol. The van der Waals surface area contributed by atoms with Crippen molar-refractivity contribution in [3.8, 4) is 0 Å². The molecule has 0 saturated carbocycles. The Bertz CT molecular complexity index is 850. The number of ether oxygens (including phenoxy) is 2. The molecule has 27 heavy (non-hydrogen) atoms. The van der Waals surface area contributed by atoms with Crippen molar-refractivity contribution in [1.82, 2.24) is 0 Å². The number of pyridine rings is 1. The summed E-state index contributed by atoms with van der Waals surface area (Å²) in [6.07, 6.45) is 1.01. The van der Waals surface area contributed by atoms with Crippen LogP contribution >= 0.6 is 15.9 Å². The second-order valence-corrected chi connectivity index (χ2v) is 9.55. The molecule has 1 heterocycles. The van der Waals surface area contributed by atoms with E-state index in [1.54, 1.807) is 6.07 Å². The van der Waals surface area contributed by atoms with Gasteiger partial charge in [0.2, 0.25) is 5.52 Å². The van der Waals surface area contributed by atoms with E-state index in [4.69, 9.17) is 9.47 Å². The van der Waals surface area contributed by atoms with E-state index >= 15 is 0 Å². The predicted molar refractivity (Wildman–Crippen MR) is 109 cm³/mol. The van der Waals surface area contributed by atoms with Gasteiger partial charge in [0.05, 0.1) is 16.4 Å². The molecule has 5 nitrogen and oxygen atoms in total. The summed E-state index contributed by atoms with van der Waals surface area (Å²) in [6, 6.07) is 5.43. The first-order valence-electron chi connectivity index (χ1n) is 8.97. The van der Waals surface area contributed by atoms with Gasteiger partial charge in [-0.3, -0.25) is 4.79 Å². The van der Waals surface area contributed by atoms with Gasteiger partial charge in [-0.25, -0.2) is 0 Å². The highest BCUT2D eigenvalue weighted by atomic mass is 79.9. The maximum absolute atomic E-state index is 12.3. The van der Waals surface area contributed by atoms with Crippen LogP contribution in [0.1, 0.15) is 58.8 Å². The van der Waals surface area contributed by atoms with Crippen LogP contribution in [-0.4, -0.2) is 18.2 Å². The lowest BCUT2D eigenvalue weighted by molar-refractivity contribution is -0.577. The molecule has 0 aliphatic carbocycles. The minimum absolute atomic E-state index is 0.0997. The van der Waals surface area contributed by atoms with Gasteiger partial charge in [-0.2, -0.15) is 4.73 Å². The Labute approximate surface area is 169 Å². The number of carbonyl (C=O) groups excluding carboxylic acids is 1. The van der Waals surface area contributed by atoms with E-state index in [1.807, 2.05) is 60.6 Å². The molecule has 1 aromatic carbocycles. The third-order valence-corrected chi connectivity index (χ3v) is 4.90. The molecule has 0 bridgehead atoms. The first-order valence-corrected chi connectivity index (χ1v) is 9.76. The standard InChI is InChI=1S/C21H28BrNO4/c1-13-11-15-14(9-8-10-23(15)25)18(22)17(13)16(27-21(5,6)7)12-26-19(24)20(2,3)4/h8-11,16H,12H2,1-7H3/t16-/m1/s1. The highest BCUT2D eigenvalue weighted by molar-refractivity contribution is 9.10. The van der Waals surface area contributed by atoms with Gasteiger partial charge in [0.15, 0.2) is 6.20 Å². The monoisotopic (exact) mass is 437 g/mol. The van der Waals surface area contributed by atoms with Gasteiger partial charge in [0, 0.05) is 22.2 Å². The van der Waals surface area contributed by atoms with E-state index in [1.165, 1.54) is 6.20 Å². The number of hydrogen-bond donors (Lipinski definition) is 0. The summed E-state index contributed by atoms with van der Waals surface area (Å²) in [5, 5.41) is 12.9. The lowest BCUT2D eigenvalue weighted by Crippen LogP contribution is -2.30. The van der Waals surface area contributed by atoms with E-state index in [2.05, 4.69) is 15.9 Å². The summed E-state index contributed by atoms with van der Waals surface area (Å²) < 4.78 is 13.4. The number of aromatic nitrogens is 1. The van der Waals surface area contributed by atoms with E-state index in [-0.39, 0.29) is 12.6 Å². The number of aryl methyl sites for hydroxylation is 1. The maximum Gasteiger partial charge on any atom is 0.311 e. The molecule has 0 N–H and O–H groups in total. The van der Waals surface area contributed by atoms with Crippen molar-refractivity contribution in [1.29, 1.82) is 0 Å². The zero-order chi connectivity index (χ0) is 20.6. The SMILES string of the molecule is Cc1cc2c(ccc[n+]2[O-])c(Br)c1[C@@H](COC(=O)C(C)(C)C)OC(C)(C)C. The molecule has 0 unspecified atom stereocenters. The Morgan fingerprint density at radius 1 is 1.26 bits per heavy atom. The van der Waals surface area contributed by atoms with Crippen molar-refractivity contribution >= 4 is 32.8 Å². The molecule has 0 aliphatic heterocycles. The quantitative estimate of drug-likeness (QED) is 0.383. The number of halogens is 1. The van der Waals surface area contributed by atoms with E-state index in [0.717, 1.165) is 25.7 Å². The molecule has 0 spiro atoms. The summed E-state index contributed by atoms with van der Waals surface area (Å²) in [5.74, 6) is -0.281. The number of hydrogen-bond acceptors (Lipinski definition) is 4. The summed E-state index contributed by atoms with van der Waals surface area (Å²) in [7, 11) is 0. The smallest absolute Gasteiger partial charge is 0.311 e. The number of benzene rings is 1. The lowest BCUT2D eigenvalue weighted by Gasteiger charge is -2.30. The molecule has 2 aromatic rings. The van der Waals surface area contributed by atoms with Gasteiger partial charge in [-0.1, -0.05) is 0 Å². The Hall–Kier alpha value is -1.66. The molecular weight excluding hydrogens is 410 g/mol. The first kappa shape index (κ1) is 21.6. The van der Waals surface area contributed by atoms with Crippen LogP contribution in [0.5, 0.6) is 0 Å². The van der Waals surface area contributed by atoms with Crippen LogP contribution in [-0.2, 0) is 14.3 Å². The van der Waals surface area contributed by atoms with Crippen molar-refractivity contribution in [3.05, 3.63) is 45.2 Å². The van der Waals surface area contributed by atoms with Crippen molar-refractivity contribution < 1.29 is 19.0 Å². The Balaban J connectivity index is 2.50. The number of fused-ring (bicyclic) bond motifs is 1.